The van der Waals surface area contributed by atoms with Crippen LogP contribution in [-0.2, 0) is 19.1 Å². The number of hydrogen-bond acceptors (Lipinski definition) is 6. The second-order valence-corrected chi connectivity index (χ2v) is 4.30. The number of ether oxygens (including phenoxy) is 4. The zero-order valence-electron chi connectivity index (χ0n) is 11.8. The van der Waals surface area contributed by atoms with Crippen molar-refractivity contribution < 1.29 is 28.5 Å². The molecule has 112 valence electrons. The Morgan fingerprint density at radius 1 is 1.33 bits per heavy atom. The largest absolute Gasteiger partial charge is 0.493 e. The van der Waals surface area contributed by atoms with E-state index in [1.165, 1.54) is 20.3 Å². The Bertz CT molecular complexity index is 563. The van der Waals surface area contributed by atoms with E-state index in [-0.39, 0.29) is 6.61 Å². The molecular formula is C15H16O6. The third-order valence-electron chi connectivity index (χ3n) is 2.98. The van der Waals surface area contributed by atoms with Crippen molar-refractivity contribution in [1.82, 2.24) is 0 Å². The van der Waals surface area contributed by atoms with Gasteiger partial charge in [0.1, 0.15) is 0 Å². The molecule has 1 fully saturated rings. The molecule has 2 rings (SSSR count). The Morgan fingerprint density at radius 3 is 2.76 bits per heavy atom. The SMILES string of the molecule is COc1cccc(/C=C/C(=O)OC2CCOC2=O)c1OC. The number of carbonyl (C=O) groups excluding carboxylic acids is 2. The molecule has 1 aliphatic heterocycles. The molecule has 1 saturated heterocycles. The summed E-state index contributed by atoms with van der Waals surface area (Å²) < 4.78 is 20.1. The van der Waals surface area contributed by atoms with Gasteiger partial charge in [-0.25, -0.2) is 9.59 Å². The van der Waals surface area contributed by atoms with Gasteiger partial charge in [0.2, 0.25) is 6.10 Å². The van der Waals surface area contributed by atoms with Crippen LogP contribution in [-0.4, -0.2) is 38.9 Å². The summed E-state index contributed by atoms with van der Waals surface area (Å²) in [4.78, 5) is 22.9. The highest BCUT2D eigenvalue weighted by atomic mass is 16.6. The summed E-state index contributed by atoms with van der Waals surface area (Å²) in [5.41, 5.74) is 0.669. The molecule has 21 heavy (non-hydrogen) atoms. The van der Waals surface area contributed by atoms with Crippen molar-refractivity contribution in [1.29, 1.82) is 0 Å². The molecule has 0 radical (unpaired) electrons. The van der Waals surface area contributed by atoms with Crippen molar-refractivity contribution in [2.45, 2.75) is 12.5 Å². The number of methoxy groups -OCH3 is 2. The van der Waals surface area contributed by atoms with Gasteiger partial charge in [-0.15, -0.1) is 0 Å². The van der Waals surface area contributed by atoms with Crippen LogP contribution in [0.1, 0.15) is 12.0 Å². The van der Waals surface area contributed by atoms with Gasteiger partial charge in [-0.2, -0.15) is 0 Å². The Morgan fingerprint density at radius 2 is 2.14 bits per heavy atom. The first-order valence-corrected chi connectivity index (χ1v) is 6.42. The van der Waals surface area contributed by atoms with Crippen molar-refractivity contribution in [2.24, 2.45) is 0 Å². The molecular weight excluding hydrogens is 276 g/mol. The Balaban J connectivity index is 2.06. The fraction of sp³-hybridized carbons (Fsp3) is 0.333. The molecule has 6 nitrogen and oxygen atoms in total. The number of para-hydroxylation sites is 1. The van der Waals surface area contributed by atoms with Crippen LogP contribution >= 0.6 is 0 Å². The fourth-order valence-corrected chi connectivity index (χ4v) is 1.96. The van der Waals surface area contributed by atoms with Crippen LogP contribution in [0.25, 0.3) is 6.08 Å². The van der Waals surface area contributed by atoms with Crippen molar-refractivity contribution >= 4 is 18.0 Å². The zero-order chi connectivity index (χ0) is 15.2. The molecule has 0 N–H and O–H groups in total. The van der Waals surface area contributed by atoms with Gasteiger partial charge >= 0.3 is 11.9 Å². The summed E-state index contributed by atoms with van der Waals surface area (Å²) in [5.74, 6) is -0.0313. The number of esters is 2. The van der Waals surface area contributed by atoms with Gasteiger partial charge in [0.05, 0.1) is 20.8 Å². The maximum absolute atomic E-state index is 11.7. The lowest BCUT2D eigenvalue weighted by Crippen LogP contribution is -2.21. The van der Waals surface area contributed by atoms with Crippen molar-refractivity contribution in [3.63, 3.8) is 0 Å². The number of carbonyl (C=O) groups is 2. The van der Waals surface area contributed by atoms with Crippen LogP contribution in [0.2, 0.25) is 0 Å². The monoisotopic (exact) mass is 292 g/mol. The molecule has 1 atom stereocenters. The first kappa shape index (κ1) is 14.9. The summed E-state index contributed by atoms with van der Waals surface area (Å²) in [5, 5.41) is 0. The molecule has 1 aliphatic rings. The van der Waals surface area contributed by atoms with E-state index in [0.29, 0.717) is 23.5 Å². The van der Waals surface area contributed by atoms with Crippen LogP contribution in [0.4, 0.5) is 0 Å². The van der Waals surface area contributed by atoms with Gasteiger partial charge < -0.3 is 18.9 Å². The van der Waals surface area contributed by atoms with E-state index in [0.717, 1.165) is 0 Å². The molecule has 1 aromatic rings. The molecule has 0 amide bonds. The average Bonchev–Trinajstić information content (AvgIpc) is 2.89. The van der Waals surface area contributed by atoms with Gasteiger partial charge in [0, 0.05) is 18.1 Å². The van der Waals surface area contributed by atoms with Gasteiger partial charge in [-0.1, -0.05) is 12.1 Å². The number of hydrogen-bond donors (Lipinski definition) is 0. The minimum absolute atomic E-state index is 0.282. The lowest BCUT2D eigenvalue weighted by Gasteiger charge is -2.10. The van der Waals surface area contributed by atoms with Crippen molar-refractivity contribution in [2.75, 3.05) is 20.8 Å². The standard InChI is InChI=1S/C15H16O6/c1-18-11-5-3-4-10(14(11)19-2)6-7-13(16)21-12-8-9-20-15(12)17/h3-7,12H,8-9H2,1-2H3/b7-6+. The second-order valence-electron chi connectivity index (χ2n) is 4.30. The summed E-state index contributed by atoms with van der Waals surface area (Å²) in [7, 11) is 3.05. The minimum Gasteiger partial charge on any atom is -0.493 e. The molecule has 1 aromatic carbocycles. The van der Waals surface area contributed by atoms with Crippen LogP contribution in [0, 0.1) is 0 Å². The van der Waals surface area contributed by atoms with Crippen LogP contribution in [0.15, 0.2) is 24.3 Å². The summed E-state index contributed by atoms with van der Waals surface area (Å²) in [6, 6.07) is 5.30. The molecule has 0 saturated carbocycles. The Hall–Kier alpha value is -2.50. The molecule has 0 aliphatic carbocycles. The van der Waals surface area contributed by atoms with E-state index in [4.69, 9.17) is 18.9 Å². The number of benzene rings is 1. The quantitative estimate of drug-likeness (QED) is 0.606. The highest BCUT2D eigenvalue weighted by Crippen LogP contribution is 2.31. The van der Waals surface area contributed by atoms with E-state index < -0.39 is 18.0 Å². The second kappa shape index (κ2) is 6.78. The minimum atomic E-state index is -0.811. The van der Waals surface area contributed by atoms with E-state index in [1.807, 2.05) is 0 Å². The molecule has 1 heterocycles. The topological polar surface area (TPSA) is 71.1 Å². The first-order chi connectivity index (χ1) is 10.2. The molecule has 0 bridgehead atoms. The predicted octanol–water partition coefficient (Wildman–Crippen LogP) is 1.58. The molecule has 1 unspecified atom stereocenters. The summed E-state index contributed by atoms with van der Waals surface area (Å²) in [6.07, 6.45) is 2.36. The lowest BCUT2D eigenvalue weighted by atomic mass is 10.1. The highest BCUT2D eigenvalue weighted by molar-refractivity contribution is 5.90. The molecule has 0 aromatic heterocycles. The van der Waals surface area contributed by atoms with E-state index in [1.54, 1.807) is 24.3 Å². The smallest absolute Gasteiger partial charge is 0.347 e. The van der Waals surface area contributed by atoms with Gasteiger partial charge in [-0.05, 0) is 12.1 Å². The highest BCUT2D eigenvalue weighted by Gasteiger charge is 2.29. The summed E-state index contributed by atoms with van der Waals surface area (Å²) in [6.45, 7) is 0.282. The Labute approximate surface area is 122 Å². The van der Waals surface area contributed by atoms with Crippen molar-refractivity contribution in [3.05, 3.63) is 29.8 Å². The van der Waals surface area contributed by atoms with E-state index in [2.05, 4.69) is 0 Å². The number of rotatable bonds is 5. The normalized spacial score (nSPS) is 17.6. The molecule has 6 heteroatoms. The maximum Gasteiger partial charge on any atom is 0.347 e. The van der Waals surface area contributed by atoms with Crippen LogP contribution in [0.5, 0.6) is 11.5 Å². The van der Waals surface area contributed by atoms with Crippen molar-refractivity contribution in [3.8, 4) is 11.5 Å². The summed E-state index contributed by atoms with van der Waals surface area (Å²) >= 11 is 0. The third kappa shape index (κ3) is 3.53. The van der Waals surface area contributed by atoms with Gasteiger partial charge in [0.25, 0.3) is 0 Å². The predicted molar refractivity (Wildman–Crippen MR) is 74.0 cm³/mol. The average molecular weight is 292 g/mol. The number of cyclic esters (lactones) is 1. The van der Waals surface area contributed by atoms with Gasteiger partial charge in [-0.3, -0.25) is 0 Å². The zero-order valence-corrected chi connectivity index (χ0v) is 11.8. The van der Waals surface area contributed by atoms with Crippen LogP contribution in [0.3, 0.4) is 0 Å². The Kier molecular flexibility index (Phi) is 4.81. The van der Waals surface area contributed by atoms with Gasteiger partial charge in [0.15, 0.2) is 11.5 Å². The molecule has 0 spiro atoms. The fourth-order valence-electron chi connectivity index (χ4n) is 1.96. The van der Waals surface area contributed by atoms with Crippen LogP contribution < -0.4 is 9.47 Å². The first-order valence-electron chi connectivity index (χ1n) is 6.42. The third-order valence-corrected chi connectivity index (χ3v) is 2.98. The lowest BCUT2D eigenvalue weighted by molar-refractivity contribution is -0.156. The maximum atomic E-state index is 11.7. The van der Waals surface area contributed by atoms with E-state index >= 15 is 0 Å². The van der Waals surface area contributed by atoms with E-state index in [9.17, 15) is 9.59 Å².